The zero-order valence-corrected chi connectivity index (χ0v) is 10.4. The first kappa shape index (κ1) is 13.9. The molecule has 1 aromatic rings. The van der Waals surface area contributed by atoms with E-state index in [9.17, 15) is 10.1 Å². The van der Waals surface area contributed by atoms with Crippen molar-refractivity contribution < 1.29 is 10.0 Å². The van der Waals surface area contributed by atoms with Crippen LogP contribution in [0.1, 0.15) is 12.5 Å². The maximum atomic E-state index is 10.7. The van der Waals surface area contributed by atoms with E-state index < -0.39 is 4.92 Å². The van der Waals surface area contributed by atoms with Crippen LogP contribution in [0.15, 0.2) is 18.2 Å². The number of nitro groups is 1. The van der Waals surface area contributed by atoms with Crippen LogP contribution in [0.25, 0.3) is 0 Å². The molecule has 0 aliphatic heterocycles. The highest BCUT2D eigenvalue weighted by molar-refractivity contribution is 6.32. The number of benzene rings is 1. The van der Waals surface area contributed by atoms with Gasteiger partial charge in [0.05, 0.1) is 11.5 Å². The molecule has 0 heterocycles. The van der Waals surface area contributed by atoms with E-state index in [1.807, 2.05) is 11.8 Å². The fourth-order valence-electron chi connectivity index (χ4n) is 1.55. The van der Waals surface area contributed by atoms with Crippen molar-refractivity contribution in [1.29, 1.82) is 0 Å². The van der Waals surface area contributed by atoms with Gasteiger partial charge < -0.3 is 5.11 Å². The van der Waals surface area contributed by atoms with Gasteiger partial charge in [0, 0.05) is 19.2 Å². The lowest BCUT2D eigenvalue weighted by molar-refractivity contribution is -0.384. The SMILES string of the molecule is CCN(CCO)Cc1ccc(Cl)c([N+](=O)[O-])c1. The zero-order chi connectivity index (χ0) is 12.8. The van der Waals surface area contributed by atoms with Gasteiger partial charge in [-0.2, -0.15) is 0 Å². The van der Waals surface area contributed by atoms with Crippen molar-refractivity contribution in [3.63, 3.8) is 0 Å². The van der Waals surface area contributed by atoms with Crippen LogP contribution in [-0.2, 0) is 6.54 Å². The Bertz CT molecular complexity index is 398. The lowest BCUT2D eigenvalue weighted by Gasteiger charge is -2.18. The molecule has 1 rings (SSSR count). The van der Waals surface area contributed by atoms with E-state index >= 15 is 0 Å². The molecule has 0 aromatic heterocycles. The first-order chi connectivity index (χ1) is 8.08. The molecule has 6 heteroatoms. The zero-order valence-electron chi connectivity index (χ0n) is 9.60. The standard InChI is InChI=1S/C11H15ClN2O3/c1-2-13(5-6-15)8-9-3-4-10(12)11(7-9)14(16)17/h3-4,7,15H,2,5-6,8H2,1H3. The lowest BCUT2D eigenvalue weighted by atomic mass is 10.2. The molecule has 0 saturated heterocycles. The quantitative estimate of drug-likeness (QED) is 0.627. The highest BCUT2D eigenvalue weighted by atomic mass is 35.5. The maximum absolute atomic E-state index is 10.7. The third-order valence-corrected chi connectivity index (χ3v) is 2.80. The number of rotatable bonds is 6. The van der Waals surface area contributed by atoms with Crippen LogP contribution in [0.4, 0.5) is 5.69 Å². The predicted molar refractivity (Wildman–Crippen MR) is 66.1 cm³/mol. The van der Waals surface area contributed by atoms with Crippen molar-refractivity contribution in [2.24, 2.45) is 0 Å². The molecule has 0 radical (unpaired) electrons. The summed E-state index contributed by atoms with van der Waals surface area (Å²) in [4.78, 5) is 12.2. The summed E-state index contributed by atoms with van der Waals surface area (Å²) in [5.74, 6) is 0. The summed E-state index contributed by atoms with van der Waals surface area (Å²) >= 11 is 5.73. The molecule has 0 aliphatic carbocycles. The Balaban J connectivity index is 2.84. The molecule has 0 unspecified atom stereocenters. The van der Waals surface area contributed by atoms with Crippen molar-refractivity contribution in [3.8, 4) is 0 Å². The van der Waals surface area contributed by atoms with E-state index in [-0.39, 0.29) is 17.3 Å². The Labute approximate surface area is 105 Å². The van der Waals surface area contributed by atoms with Gasteiger partial charge in [0.25, 0.3) is 5.69 Å². The van der Waals surface area contributed by atoms with Gasteiger partial charge >= 0.3 is 0 Å². The molecule has 0 bridgehead atoms. The van der Waals surface area contributed by atoms with E-state index in [1.165, 1.54) is 12.1 Å². The number of likely N-dealkylation sites (N-methyl/N-ethyl adjacent to an activating group) is 1. The Morgan fingerprint density at radius 1 is 1.53 bits per heavy atom. The van der Waals surface area contributed by atoms with Crippen molar-refractivity contribution in [2.45, 2.75) is 13.5 Å². The molecule has 0 fully saturated rings. The lowest BCUT2D eigenvalue weighted by Crippen LogP contribution is -2.26. The minimum Gasteiger partial charge on any atom is -0.395 e. The minimum absolute atomic E-state index is 0.0729. The molecule has 0 atom stereocenters. The van der Waals surface area contributed by atoms with E-state index in [0.29, 0.717) is 13.1 Å². The molecule has 0 amide bonds. The van der Waals surface area contributed by atoms with Crippen LogP contribution in [-0.4, -0.2) is 34.6 Å². The number of aliphatic hydroxyl groups excluding tert-OH is 1. The number of halogens is 1. The molecule has 1 N–H and O–H groups in total. The van der Waals surface area contributed by atoms with E-state index in [1.54, 1.807) is 6.07 Å². The summed E-state index contributed by atoms with van der Waals surface area (Å²) in [5, 5.41) is 19.7. The number of nitro benzene ring substituents is 1. The van der Waals surface area contributed by atoms with Crippen LogP contribution in [0, 0.1) is 10.1 Å². The smallest absolute Gasteiger partial charge is 0.288 e. The van der Waals surface area contributed by atoms with Crippen LogP contribution in [0.3, 0.4) is 0 Å². The van der Waals surface area contributed by atoms with Gasteiger partial charge in [-0.1, -0.05) is 24.6 Å². The Hall–Kier alpha value is -1.17. The van der Waals surface area contributed by atoms with Gasteiger partial charge in [0.2, 0.25) is 0 Å². The molecule has 0 spiro atoms. The molecular weight excluding hydrogens is 244 g/mol. The Morgan fingerprint density at radius 2 is 2.24 bits per heavy atom. The average Bonchev–Trinajstić information content (AvgIpc) is 2.30. The molecule has 94 valence electrons. The summed E-state index contributed by atoms with van der Waals surface area (Å²) in [5.41, 5.74) is 0.737. The Kier molecular flexibility index (Phi) is 5.34. The van der Waals surface area contributed by atoms with Crippen molar-refractivity contribution in [3.05, 3.63) is 38.9 Å². The monoisotopic (exact) mass is 258 g/mol. The summed E-state index contributed by atoms with van der Waals surface area (Å²) in [7, 11) is 0. The van der Waals surface area contributed by atoms with Gasteiger partial charge in [0.15, 0.2) is 0 Å². The largest absolute Gasteiger partial charge is 0.395 e. The number of hydrogen-bond acceptors (Lipinski definition) is 4. The fraction of sp³-hybridized carbons (Fsp3) is 0.455. The topological polar surface area (TPSA) is 66.6 Å². The fourth-order valence-corrected chi connectivity index (χ4v) is 1.73. The number of hydrogen-bond donors (Lipinski definition) is 1. The third-order valence-electron chi connectivity index (χ3n) is 2.48. The van der Waals surface area contributed by atoms with Gasteiger partial charge in [-0.05, 0) is 18.2 Å². The van der Waals surface area contributed by atoms with Crippen LogP contribution >= 0.6 is 11.6 Å². The average molecular weight is 259 g/mol. The second-order valence-corrected chi connectivity index (χ2v) is 4.04. The summed E-state index contributed by atoms with van der Waals surface area (Å²) in [6.07, 6.45) is 0. The molecule has 1 aromatic carbocycles. The highest BCUT2D eigenvalue weighted by Crippen LogP contribution is 2.25. The first-order valence-corrected chi connectivity index (χ1v) is 5.72. The first-order valence-electron chi connectivity index (χ1n) is 5.34. The van der Waals surface area contributed by atoms with Gasteiger partial charge in [-0.25, -0.2) is 0 Å². The number of nitrogens with zero attached hydrogens (tertiary/aromatic N) is 2. The van der Waals surface area contributed by atoms with E-state index in [0.717, 1.165) is 12.1 Å². The van der Waals surface area contributed by atoms with E-state index in [2.05, 4.69) is 0 Å². The Morgan fingerprint density at radius 3 is 2.76 bits per heavy atom. The summed E-state index contributed by atoms with van der Waals surface area (Å²) in [6, 6.07) is 4.76. The number of aliphatic hydroxyl groups is 1. The molecule has 17 heavy (non-hydrogen) atoms. The predicted octanol–water partition coefficient (Wildman–Crippen LogP) is 2.06. The molecule has 0 saturated carbocycles. The van der Waals surface area contributed by atoms with Crippen molar-refractivity contribution in [1.82, 2.24) is 4.90 Å². The third kappa shape index (κ3) is 3.96. The van der Waals surface area contributed by atoms with Gasteiger partial charge in [-0.15, -0.1) is 0 Å². The highest BCUT2D eigenvalue weighted by Gasteiger charge is 2.13. The molecule has 0 aliphatic rings. The summed E-state index contributed by atoms with van der Waals surface area (Å²) < 4.78 is 0. The van der Waals surface area contributed by atoms with Gasteiger partial charge in [-0.3, -0.25) is 15.0 Å². The van der Waals surface area contributed by atoms with Crippen molar-refractivity contribution >= 4 is 17.3 Å². The second kappa shape index (κ2) is 6.54. The molecule has 5 nitrogen and oxygen atoms in total. The van der Waals surface area contributed by atoms with Crippen LogP contribution in [0.5, 0.6) is 0 Å². The second-order valence-electron chi connectivity index (χ2n) is 3.64. The molecular formula is C11H15ClN2O3. The minimum atomic E-state index is -0.492. The van der Waals surface area contributed by atoms with Crippen LogP contribution in [0.2, 0.25) is 5.02 Å². The van der Waals surface area contributed by atoms with Gasteiger partial charge in [0.1, 0.15) is 5.02 Å². The van der Waals surface area contributed by atoms with E-state index in [4.69, 9.17) is 16.7 Å². The van der Waals surface area contributed by atoms with Crippen molar-refractivity contribution in [2.75, 3.05) is 19.7 Å². The van der Waals surface area contributed by atoms with Crippen LogP contribution < -0.4 is 0 Å². The normalized spacial score (nSPS) is 10.8. The maximum Gasteiger partial charge on any atom is 0.288 e. The summed E-state index contributed by atoms with van der Waals surface area (Å²) in [6.45, 7) is 3.93.